The van der Waals surface area contributed by atoms with Gasteiger partial charge in [-0.05, 0) is 33.2 Å². The molecule has 1 heterocycles. The largest absolute Gasteiger partial charge is 0.384 e. The van der Waals surface area contributed by atoms with Crippen LogP contribution in [0.4, 0.5) is 5.82 Å². The van der Waals surface area contributed by atoms with Crippen molar-refractivity contribution in [2.45, 2.75) is 39.2 Å². The quantitative estimate of drug-likeness (QED) is 0.878. The van der Waals surface area contributed by atoms with Gasteiger partial charge < -0.3 is 16.0 Å². The van der Waals surface area contributed by atoms with Crippen molar-refractivity contribution in [1.82, 2.24) is 15.2 Å². The molecule has 3 N–H and O–H groups in total. The van der Waals surface area contributed by atoms with Crippen molar-refractivity contribution in [3.8, 4) is 0 Å². The Hall–Kier alpha value is -1.62. The van der Waals surface area contributed by atoms with Gasteiger partial charge in [-0.25, -0.2) is 4.98 Å². The number of nitrogen functional groups attached to an aromatic ring is 1. The number of rotatable bonds is 4. The summed E-state index contributed by atoms with van der Waals surface area (Å²) in [6.45, 7) is 8.79. The topological polar surface area (TPSA) is 71.2 Å². The van der Waals surface area contributed by atoms with E-state index in [9.17, 15) is 4.79 Å². The van der Waals surface area contributed by atoms with Gasteiger partial charge in [-0.2, -0.15) is 0 Å². The second-order valence-electron chi connectivity index (χ2n) is 6.44. The van der Waals surface area contributed by atoms with Crippen molar-refractivity contribution in [2.75, 3.05) is 26.4 Å². The standard InChI is InChI=1S/C15H26N4O/c1-10(19(5)6)9-17-14(20)11-7-12(15(2,3)4)18-13(16)8-11/h7-8,10H,9H2,1-6H3,(H2,16,18)(H,17,20). The zero-order valence-electron chi connectivity index (χ0n) is 13.3. The molecular weight excluding hydrogens is 252 g/mol. The molecule has 0 spiro atoms. The maximum Gasteiger partial charge on any atom is 0.251 e. The van der Waals surface area contributed by atoms with Crippen molar-refractivity contribution >= 4 is 11.7 Å². The van der Waals surface area contributed by atoms with Gasteiger partial charge in [-0.1, -0.05) is 20.8 Å². The molecular formula is C15H26N4O. The van der Waals surface area contributed by atoms with Crippen molar-refractivity contribution in [1.29, 1.82) is 0 Å². The average molecular weight is 278 g/mol. The van der Waals surface area contributed by atoms with Crippen molar-refractivity contribution in [3.63, 3.8) is 0 Å². The summed E-state index contributed by atoms with van der Waals surface area (Å²) in [4.78, 5) is 18.5. The Morgan fingerprint density at radius 2 is 2.00 bits per heavy atom. The van der Waals surface area contributed by atoms with E-state index < -0.39 is 0 Å². The first-order valence-electron chi connectivity index (χ1n) is 6.84. The predicted octanol–water partition coefficient (Wildman–Crippen LogP) is 1.64. The fourth-order valence-corrected chi connectivity index (χ4v) is 1.59. The summed E-state index contributed by atoms with van der Waals surface area (Å²) >= 11 is 0. The van der Waals surface area contributed by atoms with E-state index in [0.29, 0.717) is 17.9 Å². The van der Waals surface area contributed by atoms with Gasteiger partial charge in [-0.3, -0.25) is 4.79 Å². The minimum absolute atomic E-state index is 0.113. The zero-order valence-corrected chi connectivity index (χ0v) is 13.3. The molecule has 1 atom stereocenters. The Bertz CT molecular complexity index is 477. The number of hydrogen-bond donors (Lipinski definition) is 2. The highest BCUT2D eigenvalue weighted by molar-refractivity contribution is 5.95. The Labute approximate surface area is 121 Å². The number of pyridine rings is 1. The van der Waals surface area contributed by atoms with Gasteiger partial charge in [0.2, 0.25) is 0 Å². The minimum Gasteiger partial charge on any atom is -0.384 e. The Kier molecular flexibility index (Phi) is 5.11. The highest BCUT2D eigenvalue weighted by Gasteiger charge is 2.19. The summed E-state index contributed by atoms with van der Waals surface area (Å²) in [6.07, 6.45) is 0. The molecule has 0 radical (unpaired) electrons. The lowest BCUT2D eigenvalue weighted by atomic mass is 9.90. The molecule has 1 unspecified atom stereocenters. The summed E-state index contributed by atoms with van der Waals surface area (Å²) < 4.78 is 0. The van der Waals surface area contributed by atoms with E-state index in [1.807, 2.05) is 40.9 Å². The van der Waals surface area contributed by atoms with Gasteiger partial charge in [0.1, 0.15) is 5.82 Å². The molecule has 1 aromatic heterocycles. The van der Waals surface area contributed by atoms with Crippen LogP contribution in [-0.2, 0) is 5.41 Å². The van der Waals surface area contributed by atoms with E-state index in [4.69, 9.17) is 5.73 Å². The molecule has 112 valence electrons. The van der Waals surface area contributed by atoms with Crippen LogP contribution >= 0.6 is 0 Å². The second-order valence-corrected chi connectivity index (χ2v) is 6.44. The van der Waals surface area contributed by atoms with Gasteiger partial charge >= 0.3 is 0 Å². The van der Waals surface area contributed by atoms with Gasteiger partial charge in [0, 0.05) is 29.3 Å². The zero-order chi connectivity index (χ0) is 15.5. The minimum atomic E-state index is -0.138. The number of amides is 1. The average Bonchev–Trinajstić information content (AvgIpc) is 2.33. The number of aromatic nitrogens is 1. The molecule has 5 nitrogen and oxygen atoms in total. The van der Waals surface area contributed by atoms with E-state index in [1.165, 1.54) is 0 Å². The molecule has 5 heteroatoms. The molecule has 0 aliphatic heterocycles. The van der Waals surface area contributed by atoms with E-state index in [-0.39, 0.29) is 17.4 Å². The Morgan fingerprint density at radius 1 is 1.40 bits per heavy atom. The van der Waals surface area contributed by atoms with Crippen LogP contribution in [0.15, 0.2) is 12.1 Å². The third-order valence-electron chi connectivity index (χ3n) is 3.32. The van der Waals surface area contributed by atoms with Crippen molar-refractivity contribution in [3.05, 3.63) is 23.4 Å². The first kappa shape index (κ1) is 16.4. The summed E-state index contributed by atoms with van der Waals surface area (Å²) in [5.41, 5.74) is 7.05. The molecule has 1 rings (SSSR count). The lowest BCUT2D eigenvalue weighted by Gasteiger charge is -2.21. The number of hydrogen-bond acceptors (Lipinski definition) is 4. The van der Waals surface area contributed by atoms with Crippen molar-refractivity contribution in [2.24, 2.45) is 0 Å². The van der Waals surface area contributed by atoms with Crippen LogP contribution in [0.5, 0.6) is 0 Å². The highest BCUT2D eigenvalue weighted by atomic mass is 16.1. The number of carbonyl (C=O) groups is 1. The van der Waals surface area contributed by atoms with Crippen LogP contribution in [0.2, 0.25) is 0 Å². The van der Waals surface area contributed by atoms with Crippen LogP contribution < -0.4 is 11.1 Å². The molecule has 0 aliphatic rings. The third kappa shape index (κ3) is 4.49. The number of likely N-dealkylation sites (N-methyl/N-ethyl adjacent to an activating group) is 1. The highest BCUT2D eigenvalue weighted by Crippen LogP contribution is 2.22. The smallest absolute Gasteiger partial charge is 0.251 e. The lowest BCUT2D eigenvalue weighted by Crippen LogP contribution is -2.38. The van der Waals surface area contributed by atoms with E-state index in [0.717, 1.165) is 5.69 Å². The first-order chi connectivity index (χ1) is 9.11. The van der Waals surface area contributed by atoms with Crippen LogP contribution in [-0.4, -0.2) is 42.5 Å². The maximum absolute atomic E-state index is 12.2. The molecule has 0 fully saturated rings. The molecule has 1 aromatic rings. The molecule has 0 bridgehead atoms. The number of nitrogens with zero attached hydrogens (tertiary/aromatic N) is 2. The monoisotopic (exact) mass is 278 g/mol. The molecule has 0 saturated heterocycles. The Morgan fingerprint density at radius 3 is 2.50 bits per heavy atom. The van der Waals surface area contributed by atoms with Crippen LogP contribution in [0.25, 0.3) is 0 Å². The SMILES string of the molecule is CC(CNC(=O)c1cc(N)nc(C(C)(C)C)c1)N(C)C. The van der Waals surface area contributed by atoms with E-state index in [1.54, 1.807) is 6.07 Å². The van der Waals surface area contributed by atoms with Gasteiger partial charge in [0.25, 0.3) is 5.91 Å². The van der Waals surface area contributed by atoms with Gasteiger partial charge in [-0.15, -0.1) is 0 Å². The molecule has 0 aromatic carbocycles. The Balaban J connectivity index is 2.86. The van der Waals surface area contributed by atoms with Crippen LogP contribution in [0.1, 0.15) is 43.7 Å². The number of nitrogens with two attached hydrogens (primary N) is 1. The molecule has 0 saturated carbocycles. The second kappa shape index (κ2) is 6.22. The molecule has 20 heavy (non-hydrogen) atoms. The number of carbonyl (C=O) groups excluding carboxylic acids is 1. The van der Waals surface area contributed by atoms with E-state index in [2.05, 4.69) is 22.1 Å². The lowest BCUT2D eigenvalue weighted by molar-refractivity contribution is 0.0943. The maximum atomic E-state index is 12.2. The van der Waals surface area contributed by atoms with E-state index >= 15 is 0 Å². The summed E-state index contributed by atoms with van der Waals surface area (Å²) in [5, 5.41) is 2.92. The normalized spacial score (nSPS) is 13.3. The molecule has 1 amide bonds. The van der Waals surface area contributed by atoms with Gasteiger partial charge in [0.15, 0.2) is 0 Å². The molecule has 0 aliphatic carbocycles. The predicted molar refractivity (Wildman–Crippen MR) is 82.8 cm³/mol. The van der Waals surface area contributed by atoms with Crippen LogP contribution in [0, 0.1) is 0 Å². The van der Waals surface area contributed by atoms with Crippen molar-refractivity contribution < 1.29 is 4.79 Å². The van der Waals surface area contributed by atoms with Gasteiger partial charge in [0.05, 0.1) is 0 Å². The summed E-state index contributed by atoms with van der Waals surface area (Å²) in [6, 6.07) is 3.71. The first-order valence-corrected chi connectivity index (χ1v) is 6.84. The fourth-order valence-electron chi connectivity index (χ4n) is 1.59. The number of anilines is 1. The number of nitrogens with one attached hydrogen (secondary N) is 1. The summed E-state index contributed by atoms with van der Waals surface area (Å²) in [5.74, 6) is 0.265. The summed E-state index contributed by atoms with van der Waals surface area (Å²) in [7, 11) is 3.97. The third-order valence-corrected chi connectivity index (χ3v) is 3.32. The van der Waals surface area contributed by atoms with Crippen LogP contribution in [0.3, 0.4) is 0 Å². The fraction of sp³-hybridized carbons (Fsp3) is 0.600.